The van der Waals surface area contributed by atoms with E-state index in [9.17, 15) is 4.39 Å². The molecule has 1 aliphatic heterocycles. The van der Waals surface area contributed by atoms with E-state index in [-0.39, 0.29) is 11.7 Å². The molecule has 1 heterocycles. The maximum atomic E-state index is 14.0. The highest BCUT2D eigenvalue weighted by Crippen LogP contribution is 2.32. The van der Waals surface area contributed by atoms with Crippen LogP contribution in [0.5, 0.6) is 5.75 Å². The standard InChI is InChI=1S/C13H19FN2O/c1-17-10-2-3-12(13(14)6-10)11-4-5-16-8-9(11)7-15/h2-3,6,9,11,16H,4-5,7-8,15H2,1H3. The van der Waals surface area contributed by atoms with E-state index in [0.717, 1.165) is 25.1 Å². The molecule has 3 nitrogen and oxygen atoms in total. The highest BCUT2D eigenvalue weighted by atomic mass is 19.1. The molecular weight excluding hydrogens is 219 g/mol. The molecule has 1 fully saturated rings. The molecule has 4 heteroatoms. The van der Waals surface area contributed by atoms with Gasteiger partial charge in [-0.2, -0.15) is 0 Å². The lowest BCUT2D eigenvalue weighted by Crippen LogP contribution is -2.39. The van der Waals surface area contributed by atoms with Gasteiger partial charge in [0.2, 0.25) is 0 Å². The van der Waals surface area contributed by atoms with Crippen molar-refractivity contribution in [2.24, 2.45) is 11.7 Å². The number of ether oxygens (including phenoxy) is 1. The molecule has 1 saturated heterocycles. The van der Waals surface area contributed by atoms with Gasteiger partial charge in [-0.05, 0) is 49.5 Å². The van der Waals surface area contributed by atoms with Crippen LogP contribution in [0, 0.1) is 11.7 Å². The molecule has 0 aliphatic carbocycles. The zero-order valence-electron chi connectivity index (χ0n) is 10.1. The van der Waals surface area contributed by atoms with E-state index in [2.05, 4.69) is 5.32 Å². The third-order valence-corrected chi connectivity index (χ3v) is 3.52. The van der Waals surface area contributed by atoms with Crippen LogP contribution in [-0.2, 0) is 0 Å². The highest BCUT2D eigenvalue weighted by Gasteiger charge is 2.27. The fraction of sp³-hybridized carbons (Fsp3) is 0.538. The second-order valence-electron chi connectivity index (χ2n) is 4.48. The quantitative estimate of drug-likeness (QED) is 0.838. The number of hydrogen-bond donors (Lipinski definition) is 2. The maximum Gasteiger partial charge on any atom is 0.130 e. The van der Waals surface area contributed by atoms with Crippen LogP contribution in [-0.4, -0.2) is 26.7 Å². The zero-order chi connectivity index (χ0) is 12.3. The smallest absolute Gasteiger partial charge is 0.130 e. The number of methoxy groups -OCH3 is 1. The summed E-state index contributed by atoms with van der Waals surface area (Å²) < 4.78 is 19.0. The lowest BCUT2D eigenvalue weighted by Gasteiger charge is -2.31. The summed E-state index contributed by atoms with van der Waals surface area (Å²) in [4.78, 5) is 0. The van der Waals surface area contributed by atoms with Gasteiger partial charge in [0.1, 0.15) is 11.6 Å². The topological polar surface area (TPSA) is 47.3 Å². The minimum absolute atomic E-state index is 0.185. The summed E-state index contributed by atoms with van der Waals surface area (Å²) in [7, 11) is 1.54. The summed E-state index contributed by atoms with van der Waals surface area (Å²) in [5.41, 5.74) is 6.52. The third kappa shape index (κ3) is 2.58. The summed E-state index contributed by atoms with van der Waals surface area (Å²) in [6, 6.07) is 5.09. The predicted molar refractivity (Wildman–Crippen MR) is 65.7 cm³/mol. The molecule has 1 aliphatic rings. The average molecular weight is 238 g/mol. The summed E-state index contributed by atoms with van der Waals surface area (Å²) in [5, 5.41) is 3.30. The SMILES string of the molecule is COc1ccc(C2CCNCC2CN)c(F)c1. The second kappa shape index (κ2) is 5.47. The number of hydrogen-bond acceptors (Lipinski definition) is 3. The van der Waals surface area contributed by atoms with Crippen molar-refractivity contribution in [1.29, 1.82) is 0 Å². The fourth-order valence-electron chi connectivity index (χ4n) is 2.52. The average Bonchev–Trinajstić information content (AvgIpc) is 2.38. The minimum atomic E-state index is -0.185. The molecule has 0 saturated carbocycles. The first-order chi connectivity index (χ1) is 8.26. The molecule has 0 amide bonds. The molecular formula is C13H19FN2O. The molecule has 1 aromatic carbocycles. The van der Waals surface area contributed by atoms with Crippen LogP contribution < -0.4 is 15.8 Å². The van der Waals surface area contributed by atoms with Crippen LogP contribution in [0.4, 0.5) is 4.39 Å². The molecule has 2 rings (SSSR count). The number of nitrogens with one attached hydrogen (secondary N) is 1. The van der Waals surface area contributed by atoms with Crippen molar-refractivity contribution in [2.75, 3.05) is 26.7 Å². The van der Waals surface area contributed by atoms with Crippen molar-refractivity contribution in [3.05, 3.63) is 29.6 Å². The predicted octanol–water partition coefficient (Wildman–Crippen LogP) is 1.49. The third-order valence-electron chi connectivity index (χ3n) is 3.52. The maximum absolute atomic E-state index is 14.0. The van der Waals surface area contributed by atoms with E-state index in [1.165, 1.54) is 6.07 Å². The van der Waals surface area contributed by atoms with Crippen molar-refractivity contribution in [2.45, 2.75) is 12.3 Å². The molecule has 1 aromatic rings. The van der Waals surface area contributed by atoms with Crippen molar-refractivity contribution in [3.63, 3.8) is 0 Å². The largest absolute Gasteiger partial charge is 0.497 e. The molecule has 0 radical (unpaired) electrons. The number of piperidine rings is 1. The molecule has 2 atom stereocenters. The lowest BCUT2D eigenvalue weighted by atomic mass is 9.81. The Morgan fingerprint density at radius 3 is 3.00 bits per heavy atom. The van der Waals surface area contributed by atoms with Crippen LogP contribution in [0.2, 0.25) is 0 Å². The molecule has 17 heavy (non-hydrogen) atoms. The van der Waals surface area contributed by atoms with Crippen molar-refractivity contribution in [3.8, 4) is 5.75 Å². The van der Waals surface area contributed by atoms with Gasteiger partial charge in [0.15, 0.2) is 0 Å². The first kappa shape index (κ1) is 12.3. The molecule has 0 aromatic heterocycles. The van der Waals surface area contributed by atoms with Gasteiger partial charge in [0.25, 0.3) is 0 Å². The fourth-order valence-corrected chi connectivity index (χ4v) is 2.52. The Morgan fingerprint density at radius 1 is 1.53 bits per heavy atom. The van der Waals surface area contributed by atoms with Crippen LogP contribution in [0.3, 0.4) is 0 Å². The summed E-state index contributed by atoms with van der Waals surface area (Å²) in [6.45, 7) is 2.38. The molecule has 94 valence electrons. The second-order valence-corrected chi connectivity index (χ2v) is 4.48. The van der Waals surface area contributed by atoms with Crippen LogP contribution in [0.25, 0.3) is 0 Å². The van der Waals surface area contributed by atoms with Gasteiger partial charge in [-0.25, -0.2) is 4.39 Å². The van der Waals surface area contributed by atoms with Crippen molar-refractivity contribution >= 4 is 0 Å². The van der Waals surface area contributed by atoms with Gasteiger partial charge in [-0.1, -0.05) is 6.07 Å². The van der Waals surface area contributed by atoms with Crippen LogP contribution in [0.1, 0.15) is 17.9 Å². The van der Waals surface area contributed by atoms with E-state index in [1.54, 1.807) is 7.11 Å². The van der Waals surface area contributed by atoms with Gasteiger partial charge < -0.3 is 15.8 Å². The molecule has 0 spiro atoms. The number of nitrogens with two attached hydrogens (primary N) is 1. The Bertz CT molecular complexity index is 384. The number of halogens is 1. The van der Waals surface area contributed by atoms with Gasteiger partial charge in [0.05, 0.1) is 7.11 Å². The first-order valence-electron chi connectivity index (χ1n) is 6.00. The van der Waals surface area contributed by atoms with E-state index in [1.807, 2.05) is 12.1 Å². The summed E-state index contributed by atoms with van der Waals surface area (Å²) >= 11 is 0. The van der Waals surface area contributed by atoms with Crippen molar-refractivity contribution in [1.82, 2.24) is 5.32 Å². The van der Waals surface area contributed by atoms with Gasteiger partial charge in [0, 0.05) is 6.07 Å². The van der Waals surface area contributed by atoms with Crippen molar-refractivity contribution < 1.29 is 9.13 Å². The Labute approximate surface area is 101 Å². The van der Waals surface area contributed by atoms with E-state index in [0.29, 0.717) is 18.2 Å². The van der Waals surface area contributed by atoms with Crippen LogP contribution in [0.15, 0.2) is 18.2 Å². The molecule has 0 bridgehead atoms. The number of benzene rings is 1. The number of rotatable bonds is 3. The molecule has 3 N–H and O–H groups in total. The normalized spacial score (nSPS) is 24.6. The van der Waals surface area contributed by atoms with Gasteiger partial charge in [-0.3, -0.25) is 0 Å². The van der Waals surface area contributed by atoms with Gasteiger partial charge in [-0.15, -0.1) is 0 Å². The first-order valence-corrected chi connectivity index (χ1v) is 6.00. The van der Waals surface area contributed by atoms with Gasteiger partial charge >= 0.3 is 0 Å². The van der Waals surface area contributed by atoms with E-state index in [4.69, 9.17) is 10.5 Å². The molecule has 2 unspecified atom stereocenters. The zero-order valence-corrected chi connectivity index (χ0v) is 10.1. The summed E-state index contributed by atoms with van der Waals surface area (Å²) in [6.07, 6.45) is 0.936. The summed E-state index contributed by atoms with van der Waals surface area (Å²) in [5.74, 6) is 0.901. The Balaban J connectivity index is 2.25. The van der Waals surface area contributed by atoms with E-state index < -0.39 is 0 Å². The van der Waals surface area contributed by atoms with E-state index >= 15 is 0 Å². The Morgan fingerprint density at radius 2 is 2.35 bits per heavy atom. The lowest BCUT2D eigenvalue weighted by molar-refractivity contribution is 0.325. The Hall–Kier alpha value is -1.13. The van der Waals surface area contributed by atoms with Crippen LogP contribution >= 0.6 is 0 Å². The monoisotopic (exact) mass is 238 g/mol. The minimum Gasteiger partial charge on any atom is -0.497 e. The Kier molecular flexibility index (Phi) is 3.97. The highest BCUT2D eigenvalue weighted by molar-refractivity contribution is 5.32.